The van der Waals surface area contributed by atoms with Crippen molar-refractivity contribution in [3.8, 4) is 0 Å². The van der Waals surface area contributed by atoms with E-state index in [1.54, 1.807) is 23.5 Å². The SMILES string of the molecule is Fc1cccc2c1CCC2Nc1ccsc1. The lowest BCUT2D eigenvalue weighted by Crippen LogP contribution is -2.06. The third-order valence-corrected chi connectivity index (χ3v) is 3.76. The molecule has 1 aliphatic carbocycles. The normalized spacial score (nSPS) is 18.4. The molecule has 0 fully saturated rings. The second-order valence-electron chi connectivity index (χ2n) is 4.06. The van der Waals surface area contributed by atoms with E-state index in [9.17, 15) is 4.39 Å². The number of halogens is 1. The number of fused-ring (bicyclic) bond motifs is 1. The number of nitrogens with one attached hydrogen (secondary N) is 1. The van der Waals surface area contributed by atoms with Gasteiger partial charge in [-0.2, -0.15) is 11.3 Å². The zero-order valence-corrected chi connectivity index (χ0v) is 9.56. The maximum Gasteiger partial charge on any atom is 0.126 e. The number of hydrogen-bond acceptors (Lipinski definition) is 2. The summed E-state index contributed by atoms with van der Waals surface area (Å²) in [6.45, 7) is 0. The Bertz CT molecular complexity index is 493. The summed E-state index contributed by atoms with van der Waals surface area (Å²) in [5, 5.41) is 7.57. The first-order valence-electron chi connectivity index (χ1n) is 5.40. The van der Waals surface area contributed by atoms with Gasteiger partial charge in [0, 0.05) is 11.1 Å². The number of benzene rings is 1. The predicted octanol–water partition coefficient (Wildman–Crippen LogP) is 3.99. The van der Waals surface area contributed by atoms with Crippen molar-refractivity contribution in [3.05, 3.63) is 52.0 Å². The average Bonchev–Trinajstić information content (AvgIpc) is 2.90. The highest BCUT2D eigenvalue weighted by Crippen LogP contribution is 2.35. The van der Waals surface area contributed by atoms with Crippen LogP contribution in [0.1, 0.15) is 23.6 Å². The smallest absolute Gasteiger partial charge is 0.126 e. The molecule has 0 saturated heterocycles. The molecule has 0 saturated carbocycles. The third-order valence-electron chi connectivity index (χ3n) is 3.08. The Morgan fingerprint density at radius 2 is 2.25 bits per heavy atom. The van der Waals surface area contributed by atoms with Crippen LogP contribution < -0.4 is 5.32 Å². The van der Waals surface area contributed by atoms with E-state index >= 15 is 0 Å². The number of hydrogen-bond donors (Lipinski definition) is 1. The van der Waals surface area contributed by atoms with Crippen LogP contribution in [0.25, 0.3) is 0 Å². The fourth-order valence-electron chi connectivity index (χ4n) is 2.31. The fraction of sp³-hybridized carbons (Fsp3) is 0.231. The van der Waals surface area contributed by atoms with Crippen molar-refractivity contribution in [2.45, 2.75) is 18.9 Å². The molecule has 1 heterocycles. The molecule has 16 heavy (non-hydrogen) atoms. The van der Waals surface area contributed by atoms with E-state index < -0.39 is 0 Å². The molecule has 82 valence electrons. The van der Waals surface area contributed by atoms with Gasteiger partial charge in [-0.1, -0.05) is 12.1 Å². The largest absolute Gasteiger partial charge is 0.378 e. The molecule has 0 bridgehead atoms. The molecule has 1 atom stereocenters. The van der Waals surface area contributed by atoms with E-state index in [0.717, 1.165) is 29.7 Å². The Balaban J connectivity index is 1.89. The van der Waals surface area contributed by atoms with Crippen molar-refractivity contribution in [3.63, 3.8) is 0 Å². The van der Waals surface area contributed by atoms with Crippen molar-refractivity contribution in [1.82, 2.24) is 0 Å². The Morgan fingerprint density at radius 3 is 3.06 bits per heavy atom. The molecule has 0 amide bonds. The third kappa shape index (κ3) is 1.61. The van der Waals surface area contributed by atoms with Crippen LogP contribution in [-0.2, 0) is 6.42 Å². The lowest BCUT2D eigenvalue weighted by molar-refractivity contribution is 0.612. The fourth-order valence-corrected chi connectivity index (χ4v) is 2.90. The zero-order valence-electron chi connectivity index (χ0n) is 8.74. The first-order chi connectivity index (χ1) is 7.84. The molecule has 1 unspecified atom stereocenters. The molecule has 0 spiro atoms. The van der Waals surface area contributed by atoms with Crippen LogP contribution in [0.4, 0.5) is 10.1 Å². The van der Waals surface area contributed by atoms with Crippen LogP contribution in [0.3, 0.4) is 0 Å². The van der Waals surface area contributed by atoms with Gasteiger partial charge in [0.2, 0.25) is 0 Å². The molecule has 2 aromatic rings. The van der Waals surface area contributed by atoms with Gasteiger partial charge < -0.3 is 5.32 Å². The molecular formula is C13H12FNS. The van der Waals surface area contributed by atoms with Crippen molar-refractivity contribution >= 4 is 17.0 Å². The van der Waals surface area contributed by atoms with E-state index in [2.05, 4.69) is 16.8 Å². The monoisotopic (exact) mass is 233 g/mol. The van der Waals surface area contributed by atoms with Gasteiger partial charge in [-0.25, -0.2) is 4.39 Å². The topological polar surface area (TPSA) is 12.0 Å². The summed E-state index contributed by atoms with van der Waals surface area (Å²) >= 11 is 1.67. The lowest BCUT2D eigenvalue weighted by Gasteiger charge is -2.14. The standard InChI is InChI=1S/C13H12FNS/c14-12-3-1-2-11-10(12)4-5-13(11)15-9-6-7-16-8-9/h1-3,6-8,13,15H,4-5H2. The van der Waals surface area contributed by atoms with Gasteiger partial charge in [0.15, 0.2) is 0 Å². The van der Waals surface area contributed by atoms with Gasteiger partial charge in [-0.3, -0.25) is 0 Å². The molecule has 0 radical (unpaired) electrons. The van der Waals surface area contributed by atoms with Crippen LogP contribution in [-0.4, -0.2) is 0 Å². The number of anilines is 1. The van der Waals surface area contributed by atoms with Crippen molar-refractivity contribution in [1.29, 1.82) is 0 Å². The minimum Gasteiger partial charge on any atom is -0.378 e. The molecular weight excluding hydrogens is 221 g/mol. The highest BCUT2D eigenvalue weighted by atomic mass is 32.1. The van der Waals surface area contributed by atoms with E-state index in [1.165, 1.54) is 0 Å². The summed E-state index contributed by atoms with van der Waals surface area (Å²) in [7, 11) is 0. The van der Waals surface area contributed by atoms with Gasteiger partial charge in [-0.05, 0) is 41.5 Å². The average molecular weight is 233 g/mol. The lowest BCUT2D eigenvalue weighted by atomic mass is 10.1. The summed E-state index contributed by atoms with van der Waals surface area (Å²) in [5.74, 6) is -0.0629. The van der Waals surface area contributed by atoms with E-state index in [0.29, 0.717) is 0 Å². The molecule has 1 aliphatic rings. The Kier molecular flexibility index (Phi) is 2.40. The first kappa shape index (κ1) is 9.85. The zero-order chi connectivity index (χ0) is 11.0. The predicted molar refractivity (Wildman–Crippen MR) is 65.4 cm³/mol. The van der Waals surface area contributed by atoms with Crippen molar-refractivity contribution in [2.24, 2.45) is 0 Å². The summed E-state index contributed by atoms with van der Waals surface area (Å²) in [6, 6.07) is 7.69. The molecule has 3 rings (SSSR count). The minimum atomic E-state index is -0.0629. The summed E-state index contributed by atoms with van der Waals surface area (Å²) in [4.78, 5) is 0. The van der Waals surface area contributed by atoms with Crippen LogP contribution in [0.15, 0.2) is 35.0 Å². The molecule has 1 N–H and O–H groups in total. The van der Waals surface area contributed by atoms with E-state index in [-0.39, 0.29) is 11.9 Å². The van der Waals surface area contributed by atoms with Gasteiger partial charge in [0.05, 0.1) is 6.04 Å². The number of thiophene rings is 1. The number of rotatable bonds is 2. The van der Waals surface area contributed by atoms with Crippen LogP contribution >= 0.6 is 11.3 Å². The van der Waals surface area contributed by atoms with Crippen LogP contribution in [0, 0.1) is 5.82 Å². The first-order valence-corrected chi connectivity index (χ1v) is 6.35. The van der Waals surface area contributed by atoms with Gasteiger partial charge >= 0.3 is 0 Å². The van der Waals surface area contributed by atoms with E-state index in [1.807, 2.05) is 11.4 Å². The van der Waals surface area contributed by atoms with Crippen molar-refractivity contribution in [2.75, 3.05) is 5.32 Å². The second-order valence-corrected chi connectivity index (χ2v) is 4.84. The summed E-state index contributed by atoms with van der Waals surface area (Å²) < 4.78 is 13.5. The van der Waals surface area contributed by atoms with Gasteiger partial charge in [0.25, 0.3) is 0 Å². The van der Waals surface area contributed by atoms with E-state index in [4.69, 9.17) is 0 Å². The maximum atomic E-state index is 13.5. The molecule has 3 heteroatoms. The van der Waals surface area contributed by atoms with Crippen LogP contribution in [0.2, 0.25) is 0 Å². The molecule has 1 aromatic carbocycles. The highest BCUT2D eigenvalue weighted by Gasteiger charge is 2.24. The molecule has 0 aliphatic heterocycles. The highest BCUT2D eigenvalue weighted by molar-refractivity contribution is 7.08. The Morgan fingerprint density at radius 1 is 1.31 bits per heavy atom. The van der Waals surface area contributed by atoms with Gasteiger partial charge in [-0.15, -0.1) is 0 Å². The Labute approximate surface area is 97.9 Å². The second kappa shape index (κ2) is 3.91. The maximum absolute atomic E-state index is 13.5. The molecule has 1 nitrogen and oxygen atoms in total. The molecule has 1 aromatic heterocycles. The summed E-state index contributed by atoms with van der Waals surface area (Å²) in [6.07, 6.45) is 1.82. The summed E-state index contributed by atoms with van der Waals surface area (Å²) in [5.41, 5.74) is 3.13. The quantitative estimate of drug-likeness (QED) is 0.827. The Hall–Kier alpha value is -1.35. The van der Waals surface area contributed by atoms with Crippen molar-refractivity contribution < 1.29 is 4.39 Å². The van der Waals surface area contributed by atoms with Gasteiger partial charge in [0.1, 0.15) is 5.82 Å². The minimum absolute atomic E-state index is 0.0629. The van der Waals surface area contributed by atoms with Crippen LogP contribution in [0.5, 0.6) is 0 Å².